The topological polar surface area (TPSA) is 41.5 Å². The third kappa shape index (κ3) is 5.36. The molecule has 1 rings (SSSR count). The minimum Gasteiger partial charge on any atom is -0.389 e. The van der Waals surface area contributed by atoms with Gasteiger partial charge in [-0.1, -0.05) is 26.2 Å². The monoisotopic (exact) mass is 243 g/mol. The number of ether oxygens (including phenoxy) is 1. The van der Waals surface area contributed by atoms with Crippen LogP contribution in [0.3, 0.4) is 0 Å². The number of hydrogen-bond donors (Lipinski definition) is 2. The summed E-state index contributed by atoms with van der Waals surface area (Å²) in [6.45, 7) is 5.46. The van der Waals surface area contributed by atoms with E-state index in [9.17, 15) is 5.11 Å². The summed E-state index contributed by atoms with van der Waals surface area (Å²) in [4.78, 5) is 0. The molecule has 3 nitrogen and oxygen atoms in total. The maximum atomic E-state index is 10.2. The van der Waals surface area contributed by atoms with E-state index in [1.165, 1.54) is 32.1 Å². The second kappa shape index (κ2) is 7.34. The fourth-order valence-electron chi connectivity index (χ4n) is 2.73. The number of methoxy groups -OCH3 is 1. The van der Waals surface area contributed by atoms with Gasteiger partial charge >= 0.3 is 0 Å². The first-order valence-electron chi connectivity index (χ1n) is 7.04. The highest BCUT2D eigenvalue weighted by molar-refractivity contribution is 4.84. The van der Waals surface area contributed by atoms with Gasteiger partial charge in [-0.05, 0) is 25.7 Å². The van der Waals surface area contributed by atoms with Crippen LogP contribution in [0.2, 0.25) is 0 Å². The number of aliphatic hydroxyl groups is 1. The van der Waals surface area contributed by atoms with Crippen molar-refractivity contribution in [3.05, 3.63) is 0 Å². The normalized spacial score (nSPS) is 28.9. The van der Waals surface area contributed by atoms with Crippen LogP contribution < -0.4 is 5.32 Å². The average Bonchev–Trinajstić information content (AvgIpc) is 2.34. The van der Waals surface area contributed by atoms with Gasteiger partial charge in [0, 0.05) is 32.7 Å². The Balaban J connectivity index is 2.32. The highest BCUT2D eigenvalue weighted by atomic mass is 16.5. The zero-order valence-electron chi connectivity index (χ0n) is 11.7. The lowest BCUT2D eigenvalue weighted by Crippen LogP contribution is -2.46. The fraction of sp³-hybridized carbons (Fsp3) is 1.00. The Hall–Kier alpha value is -0.120. The largest absolute Gasteiger partial charge is 0.389 e. The van der Waals surface area contributed by atoms with E-state index in [1.54, 1.807) is 7.11 Å². The molecule has 0 aromatic rings. The van der Waals surface area contributed by atoms with Gasteiger partial charge in [-0.3, -0.25) is 0 Å². The van der Waals surface area contributed by atoms with Crippen molar-refractivity contribution >= 4 is 0 Å². The molecule has 2 N–H and O–H groups in total. The number of rotatable bonds is 7. The zero-order chi connectivity index (χ0) is 12.7. The van der Waals surface area contributed by atoms with Gasteiger partial charge in [-0.15, -0.1) is 0 Å². The molecule has 0 bridgehead atoms. The highest BCUT2D eigenvalue weighted by Gasteiger charge is 2.26. The van der Waals surface area contributed by atoms with E-state index in [-0.39, 0.29) is 0 Å². The average molecular weight is 243 g/mol. The fourth-order valence-corrected chi connectivity index (χ4v) is 2.73. The van der Waals surface area contributed by atoms with Crippen LogP contribution >= 0.6 is 0 Å². The van der Waals surface area contributed by atoms with E-state index in [0.29, 0.717) is 25.6 Å². The quantitative estimate of drug-likeness (QED) is 0.721. The van der Waals surface area contributed by atoms with Gasteiger partial charge in [0.1, 0.15) is 0 Å². The standard InChI is InChI=1S/C14H29NO2/c1-4-12-7-5-6-8-13(12)15-11-14(2,16)9-10-17-3/h12-13,15-16H,4-11H2,1-3H3. The summed E-state index contributed by atoms with van der Waals surface area (Å²) >= 11 is 0. The van der Waals surface area contributed by atoms with Crippen molar-refractivity contribution in [2.24, 2.45) is 5.92 Å². The Morgan fingerprint density at radius 3 is 2.71 bits per heavy atom. The predicted octanol–water partition coefficient (Wildman–Crippen LogP) is 2.33. The van der Waals surface area contributed by atoms with Gasteiger partial charge in [-0.2, -0.15) is 0 Å². The van der Waals surface area contributed by atoms with Gasteiger partial charge in [-0.25, -0.2) is 0 Å². The predicted molar refractivity (Wildman–Crippen MR) is 71.2 cm³/mol. The Morgan fingerprint density at radius 1 is 1.35 bits per heavy atom. The van der Waals surface area contributed by atoms with Gasteiger partial charge in [0.05, 0.1) is 5.60 Å². The van der Waals surface area contributed by atoms with E-state index in [0.717, 1.165) is 5.92 Å². The van der Waals surface area contributed by atoms with Crippen LogP contribution in [0.15, 0.2) is 0 Å². The van der Waals surface area contributed by atoms with Crippen molar-refractivity contribution in [3.63, 3.8) is 0 Å². The van der Waals surface area contributed by atoms with Gasteiger partial charge in [0.2, 0.25) is 0 Å². The van der Waals surface area contributed by atoms with Crippen molar-refractivity contribution in [2.45, 2.75) is 64.0 Å². The lowest BCUT2D eigenvalue weighted by molar-refractivity contribution is 0.0195. The molecule has 0 saturated heterocycles. The van der Waals surface area contributed by atoms with E-state index in [1.807, 2.05) is 6.92 Å². The van der Waals surface area contributed by atoms with Crippen molar-refractivity contribution in [1.82, 2.24) is 5.32 Å². The van der Waals surface area contributed by atoms with Crippen LogP contribution in [0, 0.1) is 5.92 Å². The van der Waals surface area contributed by atoms with Gasteiger partial charge in [0.25, 0.3) is 0 Å². The van der Waals surface area contributed by atoms with Crippen LogP contribution in [-0.2, 0) is 4.74 Å². The maximum absolute atomic E-state index is 10.2. The molecule has 102 valence electrons. The minimum absolute atomic E-state index is 0.600. The van der Waals surface area contributed by atoms with E-state index in [2.05, 4.69) is 12.2 Å². The molecule has 0 aromatic heterocycles. The van der Waals surface area contributed by atoms with Crippen molar-refractivity contribution in [2.75, 3.05) is 20.3 Å². The number of hydrogen-bond acceptors (Lipinski definition) is 3. The Kier molecular flexibility index (Phi) is 6.45. The summed E-state index contributed by atoms with van der Waals surface area (Å²) in [5.41, 5.74) is -0.647. The molecule has 0 aromatic carbocycles. The Morgan fingerprint density at radius 2 is 2.06 bits per heavy atom. The first-order valence-corrected chi connectivity index (χ1v) is 7.04. The van der Waals surface area contributed by atoms with Crippen LogP contribution in [0.4, 0.5) is 0 Å². The van der Waals surface area contributed by atoms with Crippen molar-refractivity contribution in [3.8, 4) is 0 Å². The van der Waals surface area contributed by atoms with Crippen molar-refractivity contribution < 1.29 is 9.84 Å². The molecule has 17 heavy (non-hydrogen) atoms. The van der Waals surface area contributed by atoms with Crippen LogP contribution in [0.5, 0.6) is 0 Å². The van der Waals surface area contributed by atoms with E-state index in [4.69, 9.17) is 4.74 Å². The molecule has 0 aliphatic heterocycles. The molecule has 3 unspecified atom stereocenters. The zero-order valence-corrected chi connectivity index (χ0v) is 11.7. The molecule has 0 amide bonds. The lowest BCUT2D eigenvalue weighted by atomic mass is 9.82. The molecular weight excluding hydrogens is 214 g/mol. The summed E-state index contributed by atoms with van der Waals surface area (Å²) in [6, 6.07) is 0.600. The van der Waals surface area contributed by atoms with Gasteiger partial charge < -0.3 is 15.2 Å². The summed E-state index contributed by atoms with van der Waals surface area (Å²) in [5.74, 6) is 0.793. The SMILES string of the molecule is CCC1CCCCC1NCC(C)(O)CCOC. The lowest BCUT2D eigenvalue weighted by Gasteiger charge is -2.34. The smallest absolute Gasteiger partial charge is 0.0765 e. The molecule has 1 fully saturated rings. The Bertz CT molecular complexity index is 206. The molecule has 0 spiro atoms. The molecule has 1 aliphatic carbocycles. The maximum Gasteiger partial charge on any atom is 0.0765 e. The van der Waals surface area contributed by atoms with E-state index >= 15 is 0 Å². The van der Waals surface area contributed by atoms with E-state index < -0.39 is 5.60 Å². The summed E-state index contributed by atoms with van der Waals surface area (Å²) in [5, 5.41) is 13.8. The third-order valence-corrected chi connectivity index (χ3v) is 4.02. The molecule has 3 atom stereocenters. The molecule has 0 heterocycles. The molecular formula is C14H29NO2. The first-order chi connectivity index (χ1) is 8.09. The molecule has 0 radical (unpaired) electrons. The second-order valence-electron chi connectivity index (χ2n) is 5.68. The first kappa shape index (κ1) is 14.9. The highest BCUT2D eigenvalue weighted by Crippen LogP contribution is 2.27. The number of nitrogens with one attached hydrogen (secondary N) is 1. The summed E-state index contributed by atoms with van der Waals surface area (Å²) in [6.07, 6.45) is 7.25. The summed E-state index contributed by atoms with van der Waals surface area (Å²) in [7, 11) is 1.68. The Labute approximate surface area is 106 Å². The third-order valence-electron chi connectivity index (χ3n) is 4.02. The van der Waals surface area contributed by atoms with Crippen LogP contribution in [0.25, 0.3) is 0 Å². The van der Waals surface area contributed by atoms with Crippen molar-refractivity contribution in [1.29, 1.82) is 0 Å². The summed E-state index contributed by atoms with van der Waals surface area (Å²) < 4.78 is 5.02. The van der Waals surface area contributed by atoms with Crippen LogP contribution in [0.1, 0.15) is 52.4 Å². The van der Waals surface area contributed by atoms with Gasteiger partial charge in [0.15, 0.2) is 0 Å². The molecule has 3 heteroatoms. The molecule has 1 aliphatic rings. The molecule has 1 saturated carbocycles. The second-order valence-corrected chi connectivity index (χ2v) is 5.68. The minimum atomic E-state index is -0.647. The van der Waals surface area contributed by atoms with Crippen LogP contribution in [-0.4, -0.2) is 37.0 Å².